The Labute approximate surface area is 158 Å². The third-order valence-corrected chi connectivity index (χ3v) is 5.80. The second-order valence-corrected chi connectivity index (χ2v) is 8.27. The standard InChI is InChI=1S/C21H30N2O2S/c1-3-5-16-23(17-6-4-2)20-12-14-21(15-13-20)26(24,25)22-18-19-10-8-7-9-11-19/h7-15,22H,3-6,16-18H2,1-2H3. The number of unbranched alkanes of at least 4 members (excludes halogenated alkanes) is 2. The van der Waals surface area contributed by atoms with Crippen molar-refractivity contribution in [2.24, 2.45) is 0 Å². The highest BCUT2D eigenvalue weighted by Crippen LogP contribution is 2.19. The van der Waals surface area contributed by atoms with Gasteiger partial charge in [-0.05, 0) is 42.7 Å². The average molecular weight is 375 g/mol. The van der Waals surface area contributed by atoms with Gasteiger partial charge in [-0.3, -0.25) is 0 Å². The van der Waals surface area contributed by atoms with E-state index >= 15 is 0 Å². The summed E-state index contributed by atoms with van der Waals surface area (Å²) in [5, 5.41) is 0. The molecule has 4 nitrogen and oxygen atoms in total. The second kappa shape index (κ2) is 10.3. The monoisotopic (exact) mass is 374 g/mol. The molecule has 0 atom stereocenters. The lowest BCUT2D eigenvalue weighted by Crippen LogP contribution is -2.26. The van der Waals surface area contributed by atoms with Gasteiger partial charge in [0, 0.05) is 25.3 Å². The van der Waals surface area contributed by atoms with Crippen molar-refractivity contribution in [2.75, 3.05) is 18.0 Å². The number of anilines is 1. The van der Waals surface area contributed by atoms with Crippen molar-refractivity contribution in [1.29, 1.82) is 0 Å². The fraction of sp³-hybridized carbons (Fsp3) is 0.429. The molecule has 142 valence electrons. The maximum atomic E-state index is 12.5. The molecule has 0 fully saturated rings. The van der Waals surface area contributed by atoms with Gasteiger partial charge in [0.1, 0.15) is 0 Å². The number of hydrogen-bond donors (Lipinski definition) is 1. The molecule has 5 heteroatoms. The van der Waals surface area contributed by atoms with E-state index in [-0.39, 0.29) is 0 Å². The largest absolute Gasteiger partial charge is 0.372 e. The van der Waals surface area contributed by atoms with E-state index in [1.165, 1.54) is 0 Å². The minimum atomic E-state index is -3.50. The summed E-state index contributed by atoms with van der Waals surface area (Å²) in [6, 6.07) is 16.8. The fourth-order valence-corrected chi connectivity index (χ4v) is 3.78. The van der Waals surface area contributed by atoms with Crippen LogP contribution in [0.1, 0.15) is 45.1 Å². The van der Waals surface area contributed by atoms with E-state index in [0.29, 0.717) is 11.4 Å². The van der Waals surface area contributed by atoms with Crippen LogP contribution in [0.25, 0.3) is 0 Å². The van der Waals surface area contributed by atoms with Gasteiger partial charge in [-0.15, -0.1) is 0 Å². The minimum absolute atomic E-state index is 0.296. The summed E-state index contributed by atoms with van der Waals surface area (Å²) in [5.41, 5.74) is 2.03. The number of sulfonamides is 1. The molecule has 0 aliphatic rings. The van der Waals surface area contributed by atoms with Crippen molar-refractivity contribution in [1.82, 2.24) is 4.72 Å². The van der Waals surface area contributed by atoms with E-state index in [1.807, 2.05) is 42.5 Å². The van der Waals surface area contributed by atoms with Crippen LogP contribution < -0.4 is 9.62 Å². The molecular weight excluding hydrogens is 344 g/mol. The van der Waals surface area contributed by atoms with Gasteiger partial charge < -0.3 is 4.90 Å². The summed E-state index contributed by atoms with van der Waals surface area (Å²) in [5.74, 6) is 0. The zero-order chi connectivity index (χ0) is 18.8. The van der Waals surface area contributed by atoms with E-state index in [1.54, 1.807) is 12.1 Å². The van der Waals surface area contributed by atoms with Crippen LogP contribution in [0.2, 0.25) is 0 Å². The number of nitrogens with one attached hydrogen (secondary N) is 1. The van der Waals surface area contributed by atoms with Crippen LogP contribution in [0.4, 0.5) is 5.69 Å². The van der Waals surface area contributed by atoms with Gasteiger partial charge in [0.25, 0.3) is 0 Å². The molecule has 1 N–H and O–H groups in total. The van der Waals surface area contributed by atoms with Crippen LogP contribution in [0, 0.1) is 0 Å². The van der Waals surface area contributed by atoms with E-state index in [9.17, 15) is 8.42 Å². The Hall–Kier alpha value is -1.85. The molecule has 0 saturated heterocycles. The summed E-state index contributed by atoms with van der Waals surface area (Å²) < 4.78 is 27.7. The molecule has 0 aliphatic carbocycles. The predicted octanol–water partition coefficient (Wildman–Crippen LogP) is 4.57. The van der Waals surface area contributed by atoms with Crippen molar-refractivity contribution in [3.8, 4) is 0 Å². The molecular formula is C21H30N2O2S. The van der Waals surface area contributed by atoms with Crippen molar-refractivity contribution in [3.05, 3.63) is 60.2 Å². The Kier molecular flexibility index (Phi) is 8.13. The van der Waals surface area contributed by atoms with Crippen LogP contribution in [0.5, 0.6) is 0 Å². The Morgan fingerprint density at radius 3 is 1.96 bits per heavy atom. The highest BCUT2D eigenvalue weighted by atomic mass is 32.2. The molecule has 0 radical (unpaired) electrons. The van der Waals surface area contributed by atoms with Crippen molar-refractivity contribution >= 4 is 15.7 Å². The quantitative estimate of drug-likeness (QED) is 0.627. The maximum absolute atomic E-state index is 12.5. The number of rotatable bonds is 11. The Morgan fingerprint density at radius 2 is 1.42 bits per heavy atom. The van der Waals surface area contributed by atoms with E-state index in [2.05, 4.69) is 23.5 Å². The highest BCUT2D eigenvalue weighted by Gasteiger charge is 2.14. The van der Waals surface area contributed by atoms with Crippen LogP contribution in [0.3, 0.4) is 0 Å². The van der Waals surface area contributed by atoms with Crippen molar-refractivity contribution < 1.29 is 8.42 Å². The Balaban J connectivity index is 2.05. The Bertz CT molecular complexity index is 735. The molecule has 0 bridgehead atoms. The second-order valence-electron chi connectivity index (χ2n) is 6.50. The SMILES string of the molecule is CCCCN(CCCC)c1ccc(S(=O)(=O)NCc2ccccc2)cc1. The average Bonchev–Trinajstić information content (AvgIpc) is 2.68. The molecule has 0 heterocycles. The first kappa shape index (κ1) is 20.5. The first-order chi connectivity index (χ1) is 12.6. The van der Waals surface area contributed by atoms with Crippen molar-refractivity contribution in [3.63, 3.8) is 0 Å². The summed E-state index contributed by atoms with van der Waals surface area (Å²) in [7, 11) is -3.50. The highest BCUT2D eigenvalue weighted by molar-refractivity contribution is 7.89. The van der Waals surface area contributed by atoms with Crippen LogP contribution in [-0.4, -0.2) is 21.5 Å². The molecule has 0 aromatic heterocycles. The van der Waals surface area contributed by atoms with Gasteiger partial charge in [0.15, 0.2) is 0 Å². The fourth-order valence-electron chi connectivity index (χ4n) is 2.76. The topological polar surface area (TPSA) is 49.4 Å². The molecule has 0 unspecified atom stereocenters. The molecule has 0 saturated carbocycles. The molecule has 2 aromatic rings. The first-order valence-corrected chi connectivity index (χ1v) is 10.9. The van der Waals surface area contributed by atoms with E-state index in [4.69, 9.17) is 0 Å². The first-order valence-electron chi connectivity index (χ1n) is 9.45. The van der Waals surface area contributed by atoms with Crippen LogP contribution in [-0.2, 0) is 16.6 Å². The summed E-state index contributed by atoms with van der Waals surface area (Å²) >= 11 is 0. The predicted molar refractivity (Wildman–Crippen MR) is 109 cm³/mol. The van der Waals surface area contributed by atoms with Gasteiger partial charge >= 0.3 is 0 Å². The molecule has 26 heavy (non-hydrogen) atoms. The zero-order valence-electron chi connectivity index (χ0n) is 15.8. The lowest BCUT2D eigenvalue weighted by molar-refractivity contribution is 0.581. The van der Waals surface area contributed by atoms with Crippen LogP contribution in [0.15, 0.2) is 59.5 Å². The number of nitrogens with zero attached hydrogens (tertiary/aromatic N) is 1. The third kappa shape index (κ3) is 6.15. The van der Waals surface area contributed by atoms with Gasteiger partial charge in [-0.25, -0.2) is 13.1 Å². The molecule has 2 aromatic carbocycles. The summed E-state index contributed by atoms with van der Waals surface area (Å²) in [6.07, 6.45) is 4.59. The van der Waals surface area contributed by atoms with Gasteiger partial charge in [0.05, 0.1) is 4.90 Å². The van der Waals surface area contributed by atoms with Crippen LogP contribution >= 0.6 is 0 Å². The third-order valence-electron chi connectivity index (χ3n) is 4.38. The summed E-state index contributed by atoms with van der Waals surface area (Å²) in [6.45, 7) is 6.69. The lowest BCUT2D eigenvalue weighted by Gasteiger charge is -2.25. The Morgan fingerprint density at radius 1 is 0.846 bits per heavy atom. The molecule has 0 aliphatic heterocycles. The number of hydrogen-bond acceptors (Lipinski definition) is 3. The van der Waals surface area contributed by atoms with Gasteiger partial charge in [0.2, 0.25) is 10.0 Å². The molecule has 0 amide bonds. The normalized spacial score (nSPS) is 11.5. The maximum Gasteiger partial charge on any atom is 0.240 e. The van der Waals surface area contributed by atoms with Gasteiger partial charge in [-0.1, -0.05) is 57.0 Å². The summed E-state index contributed by atoms with van der Waals surface area (Å²) in [4.78, 5) is 2.66. The lowest BCUT2D eigenvalue weighted by atomic mass is 10.2. The smallest absolute Gasteiger partial charge is 0.240 e. The van der Waals surface area contributed by atoms with E-state index < -0.39 is 10.0 Å². The molecule has 0 spiro atoms. The molecule has 2 rings (SSSR count). The number of benzene rings is 2. The zero-order valence-corrected chi connectivity index (χ0v) is 16.6. The minimum Gasteiger partial charge on any atom is -0.372 e. The van der Waals surface area contributed by atoms with Crippen molar-refractivity contribution in [2.45, 2.75) is 51.0 Å². The van der Waals surface area contributed by atoms with Gasteiger partial charge in [-0.2, -0.15) is 0 Å². The van der Waals surface area contributed by atoms with E-state index in [0.717, 1.165) is 50.0 Å².